The van der Waals surface area contributed by atoms with Crippen LogP contribution in [-0.2, 0) is 11.3 Å². The predicted molar refractivity (Wildman–Crippen MR) is 104 cm³/mol. The first-order valence-corrected chi connectivity index (χ1v) is 8.67. The minimum Gasteiger partial charge on any atom is -0.493 e. The molecule has 146 valence electrons. The lowest BCUT2D eigenvalue weighted by molar-refractivity contribution is -0.123. The first-order chi connectivity index (χ1) is 13.5. The van der Waals surface area contributed by atoms with Gasteiger partial charge in [0.15, 0.2) is 11.5 Å². The number of nitrogens with one attached hydrogen (secondary N) is 1. The molecule has 3 amide bonds. The summed E-state index contributed by atoms with van der Waals surface area (Å²) in [5.41, 5.74) is 2.74. The molecule has 0 aliphatic carbocycles. The Kier molecular flexibility index (Phi) is 5.54. The Morgan fingerprint density at radius 1 is 0.929 bits per heavy atom. The van der Waals surface area contributed by atoms with Gasteiger partial charge in [-0.05, 0) is 30.7 Å². The van der Waals surface area contributed by atoms with E-state index in [9.17, 15) is 9.59 Å². The van der Waals surface area contributed by atoms with Crippen LogP contribution in [0.3, 0.4) is 0 Å². The van der Waals surface area contributed by atoms with E-state index in [4.69, 9.17) is 14.2 Å². The minimum atomic E-state index is -0.462. The monoisotopic (exact) mass is 382 g/mol. The number of hydrogen-bond acceptors (Lipinski definition) is 5. The molecule has 0 saturated carbocycles. The van der Waals surface area contributed by atoms with Crippen LogP contribution in [0.4, 0.5) is 4.79 Å². The first-order valence-electron chi connectivity index (χ1n) is 8.67. The van der Waals surface area contributed by atoms with Crippen molar-refractivity contribution >= 4 is 18.0 Å². The zero-order valence-corrected chi connectivity index (χ0v) is 16.2. The van der Waals surface area contributed by atoms with E-state index in [1.54, 1.807) is 18.2 Å². The van der Waals surface area contributed by atoms with E-state index < -0.39 is 11.9 Å². The number of ether oxygens (including phenoxy) is 3. The Morgan fingerprint density at radius 3 is 2.21 bits per heavy atom. The zero-order valence-electron chi connectivity index (χ0n) is 16.2. The Hall–Kier alpha value is -3.48. The summed E-state index contributed by atoms with van der Waals surface area (Å²) in [6, 6.07) is 10.7. The third-order valence-electron chi connectivity index (χ3n) is 4.46. The highest BCUT2D eigenvalue weighted by Crippen LogP contribution is 2.40. The summed E-state index contributed by atoms with van der Waals surface area (Å²) in [7, 11) is 4.53. The molecule has 28 heavy (non-hydrogen) atoms. The number of nitrogens with zero attached hydrogens (tertiary/aromatic N) is 1. The number of carbonyl (C=O) groups is 2. The molecular weight excluding hydrogens is 360 g/mol. The molecule has 1 aliphatic heterocycles. The SMILES string of the molecule is COc1ccc(/C=C2/NC(=O)N(Cc3ccc(C)cc3)C2=O)c(OC)c1OC. The summed E-state index contributed by atoms with van der Waals surface area (Å²) in [6.45, 7) is 2.18. The second-order valence-corrected chi connectivity index (χ2v) is 6.29. The molecule has 1 saturated heterocycles. The van der Waals surface area contributed by atoms with Crippen molar-refractivity contribution in [2.45, 2.75) is 13.5 Å². The zero-order chi connectivity index (χ0) is 20.3. The average molecular weight is 382 g/mol. The van der Waals surface area contributed by atoms with Crippen LogP contribution >= 0.6 is 0 Å². The van der Waals surface area contributed by atoms with E-state index >= 15 is 0 Å². The van der Waals surface area contributed by atoms with Crippen molar-refractivity contribution in [3.63, 3.8) is 0 Å². The molecule has 7 nitrogen and oxygen atoms in total. The molecule has 1 heterocycles. The van der Waals surface area contributed by atoms with Crippen LogP contribution in [0.25, 0.3) is 6.08 Å². The van der Waals surface area contributed by atoms with Gasteiger partial charge in [0.1, 0.15) is 5.70 Å². The molecule has 2 aromatic carbocycles. The van der Waals surface area contributed by atoms with Gasteiger partial charge in [0.05, 0.1) is 27.9 Å². The van der Waals surface area contributed by atoms with Crippen LogP contribution in [0.1, 0.15) is 16.7 Å². The second kappa shape index (κ2) is 8.04. The van der Waals surface area contributed by atoms with Gasteiger partial charge in [-0.15, -0.1) is 0 Å². The number of benzene rings is 2. The highest BCUT2D eigenvalue weighted by atomic mass is 16.5. The number of methoxy groups -OCH3 is 3. The molecule has 0 bridgehead atoms. The van der Waals surface area contributed by atoms with Crippen molar-refractivity contribution in [2.24, 2.45) is 0 Å². The predicted octanol–water partition coefficient (Wildman–Crippen LogP) is 3.11. The molecule has 7 heteroatoms. The maximum atomic E-state index is 12.7. The quantitative estimate of drug-likeness (QED) is 0.614. The van der Waals surface area contributed by atoms with Gasteiger partial charge in [-0.2, -0.15) is 0 Å². The summed E-state index contributed by atoms with van der Waals surface area (Å²) in [5, 5.41) is 2.62. The third kappa shape index (κ3) is 3.64. The van der Waals surface area contributed by atoms with Gasteiger partial charge >= 0.3 is 6.03 Å². The minimum absolute atomic E-state index is 0.169. The number of carbonyl (C=O) groups excluding carboxylic acids is 2. The molecular formula is C21H22N2O5. The topological polar surface area (TPSA) is 77.1 Å². The maximum absolute atomic E-state index is 12.7. The van der Waals surface area contributed by atoms with Gasteiger partial charge in [0.2, 0.25) is 5.75 Å². The average Bonchev–Trinajstić information content (AvgIpc) is 2.96. The van der Waals surface area contributed by atoms with Crippen molar-refractivity contribution in [2.75, 3.05) is 21.3 Å². The summed E-state index contributed by atoms with van der Waals surface area (Å²) in [5.74, 6) is 0.924. The van der Waals surface area contributed by atoms with E-state index in [-0.39, 0.29) is 12.2 Å². The lowest BCUT2D eigenvalue weighted by atomic mass is 10.1. The Labute approximate surface area is 163 Å². The molecule has 0 radical (unpaired) electrons. The van der Waals surface area contributed by atoms with Crippen molar-refractivity contribution in [1.82, 2.24) is 10.2 Å². The van der Waals surface area contributed by atoms with Gasteiger partial charge in [0, 0.05) is 5.56 Å². The second-order valence-electron chi connectivity index (χ2n) is 6.29. The Bertz CT molecular complexity index is 935. The number of amides is 3. The fraction of sp³-hybridized carbons (Fsp3) is 0.238. The van der Waals surface area contributed by atoms with Gasteiger partial charge in [0.25, 0.3) is 5.91 Å². The van der Waals surface area contributed by atoms with Crippen LogP contribution in [0, 0.1) is 6.92 Å². The van der Waals surface area contributed by atoms with Gasteiger partial charge in [-0.1, -0.05) is 29.8 Å². The molecule has 1 fully saturated rings. The Morgan fingerprint density at radius 2 is 1.61 bits per heavy atom. The van der Waals surface area contributed by atoms with Gasteiger partial charge in [-0.3, -0.25) is 9.69 Å². The highest BCUT2D eigenvalue weighted by molar-refractivity contribution is 6.14. The maximum Gasteiger partial charge on any atom is 0.329 e. The fourth-order valence-electron chi connectivity index (χ4n) is 2.98. The van der Waals surface area contributed by atoms with Crippen LogP contribution in [0.5, 0.6) is 17.2 Å². The van der Waals surface area contributed by atoms with Crippen molar-refractivity contribution in [1.29, 1.82) is 0 Å². The summed E-state index contributed by atoms with van der Waals surface area (Å²) >= 11 is 0. The molecule has 3 rings (SSSR count). The smallest absolute Gasteiger partial charge is 0.329 e. The number of urea groups is 1. The van der Waals surface area contributed by atoms with Crippen LogP contribution in [0.2, 0.25) is 0 Å². The number of hydrogen-bond donors (Lipinski definition) is 1. The largest absolute Gasteiger partial charge is 0.493 e. The van der Waals surface area contributed by atoms with Gasteiger partial charge in [-0.25, -0.2) is 4.79 Å². The fourth-order valence-corrected chi connectivity index (χ4v) is 2.98. The van der Waals surface area contributed by atoms with E-state index in [0.29, 0.717) is 22.8 Å². The van der Waals surface area contributed by atoms with Crippen molar-refractivity contribution < 1.29 is 23.8 Å². The molecule has 1 N–H and O–H groups in total. The van der Waals surface area contributed by atoms with E-state index in [1.165, 1.54) is 26.2 Å². The standard InChI is InChI=1S/C21H22N2O5/c1-13-5-7-14(8-6-13)12-23-20(24)16(22-21(23)25)11-15-9-10-17(26-2)19(28-4)18(15)27-3/h5-11H,12H2,1-4H3,(H,22,25)/b16-11+. The summed E-state index contributed by atoms with van der Waals surface area (Å²) in [6.07, 6.45) is 1.57. The molecule has 0 atom stereocenters. The van der Waals surface area contributed by atoms with Crippen LogP contribution in [-0.4, -0.2) is 38.2 Å². The summed E-state index contributed by atoms with van der Waals surface area (Å²) in [4.78, 5) is 26.2. The lowest BCUT2D eigenvalue weighted by Crippen LogP contribution is -2.30. The molecule has 2 aromatic rings. The third-order valence-corrected chi connectivity index (χ3v) is 4.46. The lowest BCUT2D eigenvalue weighted by Gasteiger charge is -2.14. The molecule has 0 spiro atoms. The first kappa shape index (κ1) is 19.3. The Balaban J connectivity index is 1.90. The van der Waals surface area contributed by atoms with Crippen LogP contribution in [0.15, 0.2) is 42.1 Å². The van der Waals surface area contributed by atoms with Gasteiger partial charge < -0.3 is 19.5 Å². The number of aryl methyl sites for hydroxylation is 1. The number of rotatable bonds is 6. The van der Waals surface area contributed by atoms with Crippen LogP contribution < -0.4 is 19.5 Å². The molecule has 1 aliphatic rings. The van der Waals surface area contributed by atoms with E-state index in [0.717, 1.165) is 11.1 Å². The van der Waals surface area contributed by atoms with Crippen molar-refractivity contribution in [3.05, 3.63) is 58.8 Å². The normalized spacial score (nSPS) is 15.0. The molecule has 0 aromatic heterocycles. The van der Waals surface area contributed by atoms with E-state index in [2.05, 4.69) is 5.32 Å². The van der Waals surface area contributed by atoms with Crippen molar-refractivity contribution in [3.8, 4) is 17.2 Å². The molecule has 0 unspecified atom stereocenters. The highest BCUT2D eigenvalue weighted by Gasteiger charge is 2.33. The number of imide groups is 1. The van der Waals surface area contributed by atoms with E-state index in [1.807, 2.05) is 31.2 Å². The summed E-state index contributed by atoms with van der Waals surface area (Å²) < 4.78 is 16.1.